The topological polar surface area (TPSA) is 59.2 Å². The smallest absolute Gasteiger partial charge is 0.237 e. The van der Waals surface area contributed by atoms with Crippen molar-refractivity contribution in [2.45, 2.75) is 19.9 Å². The first-order valence-electron chi connectivity index (χ1n) is 4.77. The molecule has 0 aliphatic carbocycles. The summed E-state index contributed by atoms with van der Waals surface area (Å²) in [7, 11) is 0. The molecule has 0 radical (unpaired) electrons. The predicted molar refractivity (Wildman–Crippen MR) is 68.6 cm³/mol. The maximum Gasteiger partial charge on any atom is 0.237 e. The number of hydrogen-bond acceptors (Lipinski definition) is 3. The van der Waals surface area contributed by atoms with E-state index in [-0.39, 0.29) is 12.6 Å². The van der Waals surface area contributed by atoms with E-state index in [0.29, 0.717) is 10.8 Å². The maximum absolute atomic E-state index is 11.0. The molecule has 0 aromatic carbocycles. The van der Waals surface area contributed by atoms with Crippen molar-refractivity contribution in [2.24, 2.45) is 5.73 Å². The number of pyridine rings is 1. The van der Waals surface area contributed by atoms with E-state index in [1.54, 1.807) is 6.07 Å². The zero-order valence-corrected chi connectivity index (χ0v) is 11.4. The van der Waals surface area contributed by atoms with Gasteiger partial charge in [0, 0.05) is 12.2 Å². The van der Waals surface area contributed by atoms with Gasteiger partial charge in [-0.2, -0.15) is 0 Å². The number of carbonyl (C=O) groups excluding carboxylic acids is 1. The molecule has 0 aliphatic rings. The summed E-state index contributed by atoms with van der Waals surface area (Å²) in [6.07, 6.45) is 1.54. The molecule has 0 saturated heterocycles. The maximum atomic E-state index is 11.0. The predicted octanol–water partition coefficient (Wildman–Crippen LogP) is 2.20. The van der Waals surface area contributed by atoms with Crippen LogP contribution in [0.2, 0.25) is 5.02 Å². The van der Waals surface area contributed by atoms with Crippen LogP contribution in [0.4, 0.5) is 5.82 Å². The Kier molecular flexibility index (Phi) is 4.56. The van der Waals surface area contributed by atoms with E-state index in [2.05, 4.69) is 20.9 Å². The van der Waals surface area contributed by atoms with Gasteiger partial charge in [-0.05, 0) is 35.8 Å². The largest absolute Gasteiger partial charge is 0.368 e. The Balaban J connectivity index is 3.05. The zero-order valence-electron chi connectivity index (χ0n) is 9.08. The molecule has 0 aliphatic heterocycles. The molecule has 0 fully saturated rings. The van der Waals surface area contributed by atoms with Crippen molar-refractivity contribution >= 4 is 39.3 Å². The second-order valence-corrected chi connectivity index (χ2v) is 4.94. The van der Waals surface area contributed by atoms with Crippen LogP contribution < -0.4 is 10.6 Å². The van der Waals surface area contributed by atoms with Crippen molar-refractivity contribution in [2.75, 3.05) is 11.4 Å². The Morgan fingerprint density at radius 2 is 2.31 bits per heavy atom. The highest BCUT2D eigenvalue weighted by Gasteiger charge is 2.17. The fourth-order valence-electron chi connectivity index (χ4n) is 1.29. The quantitative estimate of drug-likeness (QED) is 0.927. The van der Waals surface area contributed by atoms with E-state index in [9.17, 15) is 4.79 Å². The highest BCUT2D eigenvalue weighted by molar-refractivity contribution is 9.10. The molecule has 1 amide bonds. The Bertz CT molecular complexity index is 398. The van der Waals surface area contributed by atoms with Crippen molar-refractivity contribution < 1.29 is 4.79 Å². The number of nitrogens with zero attached hydrogens (tertiary/aromatic N) is 2. The van der Waals surface area contributed by atoms with Gasteiger partial charge >= 0.3 is 0 Å². The lowest BCUT2D eigenvalue weighted by atomic mass is 10.3. The van der Waals surface area contributed by atoms with E-state index >= 15 is 0 Å². The molecule has 88 valence electrons. The van der Waals surface area contributed by atoms with Gasteiger partial charge in [0.15, 0.2) is 0 Å². The number of amides is 1. The van der Waals surface area contributed by atoms with Crippen LogP contribution in [0.3, 0.4) is 0 Å². The summed E-state index contributed by atoms with van der Waals surface area (Å²) in [6, 6.07) is 1.86. The third kappa shape index (κ3) is 3.35. The molecule has 0 atom stereocenters. The minimum atomic E-state index is -0.391. The molecule has 0 saturated carbocycles. The number of halogens is 2. The number of aromatic nitrogens is 1. The number of primary amides is 1. The summed E-state index contributed by atoms with van der Waals surface area (Å²) in [5, 5.41) is 0.540. The Morgan fingerprint density at radius 3 is 2.75 bits per heavy atom. The summed E-state index contributed by atoms with van der Waals surface area (Å²) in [6.45, 7) is 4.06. The minimum Gasteiger partial charge on any atom is -0.368 e. The van der Waals surface area contributed by atoms with Gasteiger partial charge in [-0.15, -0.1) is 0 Å². The monoisotopic (exact) mass is 305 g/mol. The third-order valence-corrected chi connectivity index (χ3v) is 2.80. The number of nitrogens with two attached hydrogens (primary N) is 1. The molecule has 1 heterocycles. The summed E-state index contributed by atoms with van der Waals surface area (Å²) in [5.74, 6) is 0.274. The fourth-order valence-corrected chi connectivity index (χ4v) is 2.16. The molecule has 16 heavy (non-hydrogen) atoms. The molecule has 4 nitrogen and oxygen atoms in total. The SMILES string of the molecule is CC(C)N(CC(N)=O)c1ncc(Cl)cc1Br. The van der Waals surface area contributed by atoms with Crippen LogP contribution in [-0.2, 0) is 4.79 Å². The number of anilines is 1. The van der Waals surface area contributed by atoms with E-state index in [0.717, 1.165) is 4.47 Å². The molecule has 0 unspecified atom stereocenters. The molecule has 1 aromatic rings. The second-order valence-electron chi connectivity index (χ2n) is 3.65. The van der Waals surface area contributed by atoms with Crippen molar-refractivity contribution in [3.05, 3.63) is 21.8 Å². The molecule has 0 bridgehead atoms. The van der Waals surface area contributed by atoms with E-state index in [1.807, 2.05) is 18.7 Å². The first-order valence-corrected chi connectivity index (χ1v) is 5.95. The Morgan fingerprint density at radius 1 is 1.69 bits per heavy atom. The highest BCUT2D eigenvalue weighted by Crippen LogP contribution is 2.27. The molecular weight excluding hydrogens is 293 g/mol. The van der Waals surface area contributed by atoms with Crippen molar-refractivity contribution in [3.63, 3.8) is 0 Å². The third-order valence-electron chi connectivity index (χ3n) is 2.01. The van der Waals surface area contributed by atoms with Crippen molar-refractivity contribution in [1.29, 1.82) is 0 Å². The van der Waals surface area contributed by atoms with Crippen LogP contribution in [0.15, 0.2) is 16.7 Å². The molecule has 1 aromatic heterocycles. The van der Waals surface area contributed by atoms with Crippen LogP contribution in [0.1, 0.15) is 13.8 Å². The average molecular weight is 307 g/mol. The number of rotatable bonds is 4. The van der Waals surface area contributed by atoms with Crippen LogP contribution >= 0.6 is 27.5 Å². The molecule has 0 spiro atoms. The lowest BCUT2D eigenvalue weighted by Gasteiger charge is -2.27. The molecule has 1 rings (SSSR count). The van der Waals surface area contributed by atoms with Gasteiger partial charge in [0.25, 0.3) is 0 Å². The minimum absolute atomic E-state index is 0.123. The fraction of sp³-hybridized carbons (Fsp3) is 0.400. The lowest BCUT2D eigenvalue weighted by molar-refractivity contribution is -0.116. The van der Waals surface area contributed by atoms with Gasteiger partial charge in [0.1, 0.15) is 5.82 Å². The summed E-state index contributed by atoms with van der Waals surface area (Å²) < 4.78 is 0.745. The van der Waals surface area contributed by atoms with Gasteiger partial charge < -0.3 is 10.6 Å². The van der Waals surface area contributed by atoms with Gasteiger partial charge in [0.05, 0.1) is 16.0 Å². The highest BCUT2D eigenvalue weighted by atomic mass is 79.9. The normalized spacial score (nSPS) is 10.6. The van der Waals surface area contributed by atoms with Crippen LogP contribution in [0.5, 0.6) is 0 Å². The van der Waals surface area contributed by atoms with Gasteiger partial charge in [0.2, 0.25) is 5.91 Å². The van der Waals surface area contributed by atoms with E-state index in [4.69, 9.17) is 17.3 Å². The van der Waals surface area contributed by atoms with Gasteiger partial charge in [-0.25, -0.2) is 4.98 Å². The molecular formula is C10H13BrClN3O. The first-order chi connectivity index (χ1) is 7.41. The lowest BCUT2D eigenvalue weighted by Crippen LogP contribution is -2.39. The first kappa shape index (κ1) is 13.3. The van der Waals surface area contributed by atoms with Crippen molar-refractivity contribution in [3.8, 4) is 0 Å². The van der Waals surface area contributed by atoms with Crippen LogP contribution in [0, 0.1) is 0 Å². The van der Waals surface area contributed by atoms with Gasteiger partial charge in [-0.3, -0.25) is 4.79 Å². The standard InChI is InChI=1S/C10H13BrClN3O/c1-6(2)15(5-9(13)16)10-8(11)3-7(12)4-14-10/h3-4,6H,5H2,1-2H3,(H2,13,16). The Hall–Kier alpha value is -0.810. The zero-order chi connectivity index (χ0) is 12.3. The van der Waals surface area contributed by atoms with Crippen molar-refractivity contribution in [1.82, 2.24) is 4.98 Å². The van der Waals surface area contributed by atoms with E-state index < -0.39 is 5.91 Å². The van der Waals surface area contributed by atoms with Crippen LogP contribution in [0.25, 0.3) is 0 Å². The van der Waals surface area contributed by atoms with Crippen LogP contribution in [-0.4, -0.2) is 23.5 Å². The van der Waals surface area contributed by atoms with E-state index in [1.165, 1.54) is 6.20 Å². The van der Waals surface area contributed by atoms with Gasteiger partial charge in [-0.1, -0.05) is 11.6 Å². The molecule has 6 heteroatoms. The average Bonchev–Trinajstić information content (AvgIpc) is 2.14. The number of carbonyl (C=O) groups is 1. The summed E-state index contributed by atoms with van der Waals surface area (Å²) in [4.78, 5) is 17.0. The Labute approximate surface area is 108 Å². The number of hydrogen-bond donors (Lipinski definition) is 1. The molecule has 2 N–H and O–H groups in total. The second kappa shape index (κ2) is 5.50. The summed E-state index contributed by atoms with van der Waals surface area (Å²) >= 11 is 9.17. The summed E-state index contributed by atoms with van der Waals surface area (Å²) in [5.41, 5.74) is 5.20.